The number of rotatable bonds is 3. The van der Waals surface area contributed by atoms with E-state index < -0.39 is 12.1 Å². The monoisotopic (exact) mass is 471 g/mol. The molecule has 12 heteroatoms. The van der Waals surface area contributed by atoms with Crippen LogP contribution in [0.5, 0.6) is 0 Å². The minimum absolute atomic E-state index is 0.170. The van der Waals surface area contributed by atoms with Gasteiger partial charge in [0.15, 0.2) is 0 Å². The second-order valence-corrected chi connectivity index (χ2v) is 7.93. The lowest BCUT2D eigenvalue weighted by Crippen LogP contribution is -2.32. The summed E-state index contributed by atoms with van der Waals surface area (Å²) in [5.41, 5.74) is 3.96. The molecule has 2 aliphatic rings. The van der Waals surface area contributed by atoms with Gasteiger partial charge in [-0.25, -0.2) is 14.0 Å². The van der Waals surface area contributed by atoms with Gasteiger partial charge >= 0.3 is 18.2 Å². The Morgan fingerprint density at radius 3 is 2.27 bits per heavy atom. The zero-order valence-corrected chi connectivity index (χ0v) is 18.0. The average molecular weight is 471 g/mol. The second-order valence-electron chi connectivity index (χ2n) is 7.93. The number of nitrogens with one attached hydrogen (secondary N) is 1. The van der Waals surface area contributed by atoms with Gasteiger partial charge in [-0.2, -0.15) is 18.3 Å². The van der Waals surface area contributed by atoms with Crippen LogP contribution in [0.2, 0.25) is 0 Å². The second kappa shape index (κ2) is 10.2. The van der Waals surface area contributed by atoms with Crippen LogP contribution >= 0.6 is 0 Å². The summed E-state index contributed by atoms with van der Waals surface area (Å²) in [6.45, 7) is 4.22. The van der Waals surface area contributed by atoms with E-state index in [-0.39, 0.29) is 11.8 Å². The number of likely N-dealkylation sites (tertiary alicyclic amines) is 1. The molecule has 0 bridgehead atoms. The van der Waals surface area contributed by atoms with Crippen LogP contribution in [-0.4, -0.2) is 56.0 Å². The molecule has 2 aromatic rings. The van der Waals surface area contributed by atoms with E-state index in [1.54, 1.807) is 17.0 Å². The number of carbonyl (C=O) groups is 2. The lowest BCUT2D eigenvalue weighted by Gasteiger charge is -2.26. The fourth-order valence-electron chi connectivity index (χ4n) is 3.81. The van der Waals surface area contributed by atoms with E-state index in [2.05, 4.69) is 15.3 Å². The standard InChI is InChI=1S/C19H24FN5O.C2HF3O2/c1-23-18-13-25(19(26)21-15-7-5-14(20)6-8-15)11-16(18)17(22-23)12-24-9-3-2-4-10-24;3-2(4,5)1(6)7/h5-8H,2-4,9-13H2,1H3,(H,21,26);(H,6,7). The fourth-order valence-corrected chi connectivity index (χ4v) is 3.81. The molecule has 33 heavy (non-hydrogen) atoms. The smallest absolute Gasteiger partial charge is 0.475 e. The molecule has 0 radical (unpaired) electrons. The van der Waals surface area contributed by atoms with Crippen LogP contribution in [-0.2, 0) is 31.5 Å². The van der Waals surface area contributed by atoms with Crippen LogP contribution in [0.3, 0.4) is 0 Å². The van der Waals surface area contributed by atoms with Gasteiger partial charge in [-0.05, 0) is 50.2 Å². The molecule has 180 valence electrons. The zero-order chi connectivity index (χ0) is 24.2. The number of hydrogen-bond acceptors (Lipinski definition) is 4. The summed E-state index contributed by atoms with van der Waals surface area (Å²) in [4.78, 5) is 25.7. The van der Waals surface area contributed by atoms with E-state index in [1.807, 2.05) is 11.7 Å². The molecule has 1 aromatic heterocycles. The third-order valence-electron chi connectivity index (χ3n) is 5.49. The Hall–Kier alpha value is -3.15. The first kappa shape index (κ1) is 24.5. The summed E-state index contributed by atoms with van der Waals surface area (Å²) in [6, 6.07) is 5.65. The molecule has 1 saturated heterocycles. The Morgan fingerprint density at radius 1 is 1.09 bits per heavy atom. The highest BCUT2D eigenvalue weighted by Gasteiger charge is 2.38. The minimum atomic E-state index is -5.08. The number of halogens is 4. The summed E-state index contributed by atoms with van der Waals surface area (Å²) in [5, 5.41) is 14.7. The van der Waals surface area contributed by atoms with Gasteiger partial charge < -0.3 is 15.3 Å². The average Bonchev–Trinajstić information content (AvgIpc) is 3.32. The lowest BCUT2D eigenvalue weighted by atomic mass is 10.1. The number of anilines is 1. The van der Waals surface area contributed by atoms with Gasteiger partial charge in [0.1, 0.15) is 5.82 Å². The maximum atomic E-state index is 13.0. The van der Waals surface area contributed by atoms with Crippen molar-refractivity contribution in [3.05, 3.63) is 47.0 Å². The molecule has 0 spiro atoms. The number of aliphatic carboxylic acids is 1. The molecular formula is C21H25F4N5O3. The minimum Gasteiger partial charge on any atom is -0.475 e. The molecule has 4 rings (SSSR count). The number of carboxylic acids is 1. The molecule has 0 unspecified atom stereocenters. The van der Waals surface area contributed by atoms with Crippen molar-refractivity contribution in [1.29, 1.82) is 0 Å². The number of benzene rings is 1. The van der Waals surface area contributed by atoms with Crippen molar-refractivity contribution in [1.82, 2.24) is 19.6 Å². The van der Waals surface area contributed by atoms with Gasteiger partial charge in [0, 0.05) is 24.8 Å². The van der Waals surface area contributed by atoms with Gasteiger partial charge in [-0.1, -0.05) is 6.42 Å². The predicted molar refractivity (Wildman–Crippen MR) is 111 cm³/mol. The van der Waals surface area contributed by atoms with Crippen molar-refractivity contribution in [2.24, 2.45) is 7.05 Å². The summed E-state index contributed by atoms with van der Waals surface area (Å²) in [6.07, 6.45) is -1.27. The van der Waals surface area contributed by atoms with Crippen molar-refractivity contribution in [2.75, 3.05) is 18.4 Å². The van der Waals surface area contributed by atoms with E-state index in [4.69, 9.17) is 9.90 Å². The van der Waals surface area contributed by atoms with Gasteiger partial charge in [-0.3, -0.25) is 9.58 Å². The van der Waals surface area contributed by atoms with Crippen LogP contribution in [0.4, 0.5) is 28.0 Å². The van der Waals surface area contributed by atoms with Gasteiger partial charge in [0.2, 0.25) is 0 Å². The Morgan fingerprint density at radius 2 is 1.70 bits per heavy atom. The van der Waals surface area contributed by atoms with Crippen molar-refractivity contribution in [3.8, 4) is 0 Å². The quantitative estimate of drug-likeness (QED) is 0.666. The van der Waals surface area contributed by atoms with Crippen molar-refractivity contribution in [2.45, 2.75) is 45.1 Å². The maximum absolute atomic E-state index is 13.0. The Balaban J connectivity index is 0.000000383. The van der Waals surface area contributed by atoms with Crippen LogP contribution in [0, 0.1) is 5.82 Å². The highest BCUT2D eigenvalue weighted by molar-refractivity contribution is 5.89. The van der Waals surface area contributed by atoms with E-state index >= 15 is 0 Å². The molecule has 3 heterocycles. The first-order valence-corrected chi connectivity index (χ1v) is 10.4. The number of alkyl halides is 3. The normalized spacial score (nSPS) is 16.1. The van der Waals surface area contributed by atoms with Gasteiger partial charge in [-0.15, -0.1) is 0 Å². The van der Waals surface area contributed by atoms with Gasteiger partial charge in [0.05, 0.1) is 24.5 Å². The predicted octanol–water partition coefficient (Wildman–Crippen LogP) is 3.73. The third kappa shape index (κ3) is 6.44. The number of fused-ring (bicyclic) bond motifs is 1. The summed E-state index contributed by atoms with van der Waals surface area (Å²) < 4.78 is 46.6. The van der Waals surface area contributed by atoms with E-state index in [0.717, 1.165) is 31.0 Å². The molecular weight excluding hydrogens is 446 g/mol. The number of nitrogens with zero attached hydrogens (tertiary/aromatic N) is 4. The first-order valence-electron chi connectivity index (χ1n) is 10.4. The molecule has 2 N–H and O–H groups in total. The van der Waals surface area contributed by atoms with E-state index in [1.165, 1.54) is 37.0 Å². The number of carbonyl (C=O) groups excluding carboxylic acids is 1. The number of aromatic nitrogens is 2. The van der Waals surface area contributed by atoms with Crippen LogP contribution < -0.4 is 5.32 Å². The van der Waals surface area contributed by atoms with Crippen LogP contribution in [0.15, 0.2) is 24.3 Å². The van der Waals surface area contributed by atoms with Crippen LogP contribution in [0.1, 0.15) is 36.2 Å². The Labute approximate surface area is 187 Å². The molecule has 2 aliphatic heterocycles. The van der Waals surface area contributed by atoms with Crippen LogP contribution in [0.25, 0.3) is 0 Å². The highest BCUT2D eigenvalue weighted by Crippen LogP contribution is 2.27. The molecule has 0 aliphatic carbocycles. The topological polar surface area (TPSA) is 90.7 Å². The summed E-state index contributed by atoms with van der Waals surface area (Å²) in [5.74, 6) is -3.07. The molecule has 8 nitrogen and oxygen atoms in total. The molecule has 0 atom stereocenters. The van der Waals surface area contributed by atoms with Gasteiger partial charge in [0.25, 0.3) is 0 Å². The maximum Gasteiger partial charge on any atom is 0.490 e. The SMILES string of the molecule is Cn1nc(CN2CCCCC2)c2c1CN(C(=O)Nc1ccc(F)cc1)C2.O=C(O)C(F)(F)F. The van der Waals surface area contributed by atoms with E-state index in [0.29, 0.717) is 18.8 Å². The largest absolute Gasteiger partial charge is 0.490 e. The number of amides is 2. The zero-order valence-electron chi connectivity index (χ0n) is 18.0. The Bertz CT molecular complexity index is 985. The molecule has 2 amide bonds. The lowest BCUT2D eigenvalue weighted by molar-refractivity contribution is -0.192. The van der Waals surface area contributed by atoms with E-state index in [9.17, 15) is 22.4 Å². The number of carboxylic acid groups (broad SMARTS) is 1. The first-order chi connectivity index (χ1) is 15.5. The van der Waals surface area contributed by atoms with Crippen molar-refractivity contribution in [3.63, 3.8) is 0 Å². The Kier molecular flexibility index (Phi) is 7.57. The number of urea groups is 1. The summed E-state index contributed by atoms with van der Waals surface area (Å²) >= 11 is 0. The van der Waals surface area contributed by atoms with Crippen molar-refractivity contribution < 1.29 is 32.3 Å². The number of piperidine rings is 1. The third-order valence-corrected chi connectivity index (χ3v) is 5.49. The van der Waals surface area contributed by atoms with Crippen molar-refractivity contribution >= 4 is 17.7 Å². The fraction of sp³-hybridized carbons (Fsp3) is 0.476. The molecule has 0 saturated carbocycles. The summed E-state index contributed by atoms with van der Waals surface area (Å²) in [7, 11) is 1.94. The molecule has 1 fully saturated rings. The molecule has 1 aromatic carbocycles. The number of aryl methyl sites for hydroxylation is 1. The highest BCUT2D eigenvalue weighted by atomic mass is 19.4. The number of hydrogen-bond donors (Lipinski definition) is 2.